The molecule has 0 aromatic carbocycles. The van der Waals surface area contributed by atoms with Crippen molar-refractivity contribution in [1.29, 1.82) is 5.41 Å². The molecule has 0 rings (SSSR count). The van der Waals surface area contributed by atoms with E-state index in [1.165, 1.54) is 19.1 Å². The molecule has 0 bridgehead atoms. The fourth-order valence-corrected chi connectivity index (χ4v) is 1.09. The van der Waals surface area contributed by atoms with Crippen molar-refractivity contribution >= 4 is 6.21 Å². The number of nitrogens with one attached hydrogen (secondary N) is 2. The van der Waals surface area contributed by atoms with E-state index in [9.17, 15) is 0 Å². The molecule has 0 spiro atoms. The summed E-state index contributed by atoms with van der Waals surface area (Å²) in [7, 11) is 1.87. The molecule has 0 unspecified atom stereocenters. The summed E-state index contributed by atoms with van der Waals surface area (Å²) in [6, 6.07) is 0. The van der Waals surface area contributed by atoms with Crippen LogP contribution < -0.4 is 5.32 Å². The van der Waals surface area contributed by atoms with Crippen LogP contribution in [0, 0.1) is 11.3 Å². The predicted octanol–water partition coefficient (Wildman–Crippen LogP) is 2.57. The molecule has 0 amide bonds. The zero-order valence-corrected chi connectivity index (χ0v) is 8.35. The Morgan fingerprint density at radius 3 is 2.58 bits per heavy atom. The standard InChI is InChI=1S/C10H20N2/c1-9(2)5-4-6-10(7-11)8-12-3/h7-9,11-12H,4-6H2,1-3H3/b10-8-,11-7?. The molecule has 2 heteroatoms. The monoisotopic (exact) mass is 168 g/mol. The first-order valence-corrected chi connectivity index (χ1v) is 4.57. The van der Waals surface area contributed by atoms with E-state index in [-0.39, 0.29) is 0 Å². The normalized spacial score (nSPS) is 11.8. The first-order valence-electron chi connectivity index (χ1n) is 4.57. The van der Waals surface area contributed by atoms with Gasteiger partial charge in [0.05, 0.1) is 0 Å². The van der Waals surface area contributed by atoms with E-state index in [4.69, 9.17) is 5.41 Å². The lowest BCUT2D eigenvalue weighted by Crippen LogP contribution is -1.98. The predicted molar refractivity (Wildman–Crippen MR) is 54.6 cm³/mol. The molecule has 2 nitrogen and oxygen atoms in total. The van der Waals surface area contributed by atoms with Gasteiger partial charge in [-0.3, -0.25) is 0 Å². The van der Waals surface area contributed by atoms with Crippen LogP contribution in [0.3, 0.4) is 0 Å². The van der Waals surface area contributed by atoms with Gasteiger partial charge in [-0.05, 0) is 24.3 Å². The van der Waals surface area contributed by atoms with Gasteiger partial charge >= 0.3 is 0 Å². The number of rotatable bonds is 6. The van der Waals surface area contributed by atoms with Crippen molar-refractivity contribution in [3.05, 3.63) is 11.8 Å². The van der Waals surface area contributed by atoms with Gasteiger partial charge in [0.2, 0.25) is 0 Å². The van der Waals surface area contributed by atoms with Crippen molar-refractivity contribution in [2.45, 2.75) is 33.1 Å². The van der Waals surface area contributed by atoms with Gasteiger partial charge in [-0.15, -0.1) is 0 Å². The molecule has 0 heterocycles. The maximum atomic E-state index is 7.12. The van der Waals surface area contributed by atoms with Crippen molar-refractivity contribution in [3.8, 4) is 0 Å². The molecule has 70 valence electrons. The molecular weight excluding hydrogens is 148 g/mol. The van der Waals surface area contributed by atoms with E-state index in [1.54, 1.807) is 0 Å². The third kappa shape index (κ3) is 5.96. The maximum absolute atomic E-state index is 7.12. The van der Waals surface area contributed by atoms with E-state index in [0.29, 0.717) is 0 Å². The fourth-order valence-electron chi connectivity index (χ4n) is 1.09. The van der Waals surface area contributed by atoms with Gasteiger partial charge in [-0.1, -0.05) is 20.3 Å². The first kappa shape index (κ1) is 11.2. The molecule has 0 aliphatic carbocycles. The summed E-state index contributed by atoms with van der Waals surface area (Å²) in [6.07, 6.45) is 6.77. The van der Waals surface area contributed by atoms with Gasteiger partial charge in [-0.25, -0.2) is 0 Å². The quantitative estimate of drug-likeness (QED) is 0.587. The highest BCUT2D eigenvalue weighted by molar-refractivity contribution is 5.75. The van der Waals surface area contributed by atoms with Crippen molar-refractivity contribution in [2.75, 3.05) is 7.05 Å². The maximum Gasteiger partial charge on any atom is 0.0224 e. The molecule has 0 radical (unpaired) electrons. The molecular formula is C10H20N2. The summed E-state index contributed by atoms with van der Waals surface area (Å²) in [6.45, 7) is 4.46. The third-order valence-corrected chi connectivity index (χ3v) is 1.76. The van der Waals surface area contributed by atoms with E-state index in [1.807, 2.05) is 13.2 Å². The molecule has 12 heavy (non-hydrogen) atoms. The molecule has 0 saturated heterocycles. The van der Waals surface area contributed by atoms with Gasteiger partial charge < -0.3 is 10.7 Å². The van der Waals surface area contributed by atoms with Gasteiger partial charge in [0.25, 0.3) is 0 Å². The van der Waals surface area contributed by atoms with Crippen LogP contribution in [0.5, 0.6) is 0 Å². The van der Waals surface area contributed by atoms with Gasteiger partial charge in [0.1, 0.15) is 0 Å². The Bertz CT molecular complexity index is 148. The molecule has 0 aliphatic rings. The largest absolute Gasteiger partial charge is 0.394 e. The third-order valence-electron chi connectivity index (χ3n) is 1.76. The van der Waals surface area contributed by atoms with Crippen LogP contribution in [0.25, 0.3) is 0 Å². The lowest BCUT2D eigenvalue weighted by atomic mass is 10.0. The lowest BCUT2D eigenvalue weighted by molar-refractivity contribution is 0.557. The molecule has 2 N–H and O–H groups in total. The Hall–Kier alpha value is -0.790. The van der Waals surface area contributed by atoms with Gasteiger partial charge in [-0.2, -0.15) is 0 Å². The van der Waals surface area contributed by atoms with E-state index in [0.717, 1.165) is 17.9 Å². The minimum absolute atomic E-state index is 0.770. The molecule has 0 aromatic heterocycles. The highest BCUT2D eigenvalue weighted by Crippen LogP contribution is 2.09. The van der Waals surface area contributed by atoms with Crippen LogP contribution in [0.4, 0.5) is 0 Å². The first-order chi connectivity index (χ1) is 5.70. The summed E-state index contributed by atoms with van der Waals surface area (Å²) >= 11 is 0. The highest BCUT2D eigenvalue weighted by Gasteiger charge is 1.96. The molecule has 0 fully saturated rings. The van der Waals surface area contributed by atoms with Gasteiger partial charge in [0.15, 0.2) is 0 Å². The molecule has 0 saturated carbocycles. The Morgan fingerprint density at radius 1 is 1.50 bits per heavy atom. The average molecular weight is 168 g/mol. The van der Waals surface area contributed by atoms with Crippen LogP contribution in [0.1, 0.15) is 33.1 Å². The minimum atomic E-state index is 0.770. The lowest BCUT2D eigenvalue weighted by Gasteiger charge is -2.04. The van der Waals surface area contributed by atoms with Crippen molar-refractivity contribution in [2.24, 2.45) is 5.92 Å². The number of hydrogen-bond donors (Lipinski definition) is 2. The Morgan fingerprint density at radius 2 is 2.17 bits per heavy atom. The van der Waals surface area contributed by atoms with Crippen LogP contribution in [0.15, 0.2) is 11.8 Å². The Balaban J connectivity index is 3.59. The molecule has 0 aliphatic heterocycles. The van der Waals surface area contributed by atoms with Crippen molar-refractivity contribution in [3.63, 3.8) is 0 Å². The van der Waals surface area contributed by atoms with Gasteiger partial charge in [0, 0.05) is 19.5 Å². The summed E-state index contributed by atoms with van der Waals surface area (Å²) in [5.41, 5.74) is 1.08. The fraction of sp³-hybridized carbons (Fsp3) is 0.700. The summed E-state index contributed by atoms with van der Waals surface area (Å²) in [5.74, 6) is 0.770. The Labute approximate surface area is 75.6 Å². The second-order valence-electron chi connectivity index (χ2n) is 3.44. The summed E-state index contributed by atoms with van der Waals surface area (Å²) in [4.78, 5) is 0. The second kappa shape index (κ2) is 6.89. The highest BCUT2D eigenvalue weighted by atomic mass is 14.8. The van der Waals surface area contributed by atoms with Crippen LogP contribution in [-0.2, 0) is 0 Å². The summed E-state index contributed by atoms with van der Waals surface area (Å²) < 4.78 is 0. The zero-order valence-electron chi connectivity index (χ0n) is 8.35. The second-order valence-corrected chi connectivity index (χ2v) is 3.44. The minimum Gasteiger partial charge on any atom is -0.394 e. The van der Waals surface area contributed by atoms with Crippen molar-refractivity contribution in [1.82, 2.24) is 5.32 Å². The van der Waals surface area contributed by atoms with E-state index in [2.05, 4.69) is 19.2 Å². The Kier molecular flexibility index (Phi) is 6.44. The number of allylic oxidation sites excluding steroid dienone is 1. The van der Waals surface area contributed by atoms with E-state index >= 15 is 0 Å². The SMILES string of the molecule is CN/C=C(\C=N)CCCC(C)C. The topological polar surface area (TPSA) is 35.9 Å². The summed E-state index contributed by atoms with van der Waals surface area (Å²) in [5, 5.41) is 10.1. The van der Waals surface area contributed by atoms with E-state index < -0.39 is 0 Å². The van der Waals surface area contributed by atoms with Crippen molar-refractivity contribution < 1.29 is 0 Å². The zero-order chi connectivity index (χ0) is 9.40. The van der Waals surface area contributed by atoms with Crippen LogP contribution in [0.2, 0.25) is 0 Å². The number of hydrogen-bond acceptors (Lipinski definition) is 2. The average Bonchev–Trinajstić information content (AvgIpc) is 2.02. The van der Waals surface area contributed by atoms with Crippen LogP contribution >= 0.6 is 0 Å². The van der Waals surface area contributed by atoms with Crippen LogP contribution in [-0.4, -0.2) is 13.3 Å². The molecule has 0 aromatic rings. The molecule has 0 atom stereocenters. The smallest absolute Gasteiger partial charge is 0.0224 e.